The van der Waals surface area contributed by atoms with E-state index in [2.05, 4.69) is 36.0 Å². The highest BCUT2D eigenvalue weighted by Crippen LogP contribution is 2.21. The zero-order chi connectivity index (χ0) is 12.0. The van der Waals surface area contributed by atoms with Gasteiger partial charge >= 0.3 is 0 Å². The van der Waals surface area contributed by atoms with Crippen molar-refractivity contribution in [2.45, 2.75) is 38.8 Å². The zero-order valence-electron chi connectivity index (χ0n) is 10.5. The fourth-order valence-corrected chi connectivity index (χ4v) is 2.08. The van der Waals surface area contributed by atoms with Crippen molar-refractivity contribution >= 4 is 0 Å². The van der Waals surface area contributed by atoms with Crippen LogP contribution in [-0.4, -0.2) is 42.8 Å². The highest BCUT2D eigenvalue weighted by Gasteiger charge is 2.35. The molecule has 0 radical (unpaired) electrons. The summed E-state index contributed by atoms with van der Waals surface area (Å²) in [4.78, 5) is 2.42. The number of nitrogens with zero attached hydrogens (tertiary/aromatic N) is 1. The van der Waals surface area contributed by atoms with Gasteiger partial charge in [-0.25, -0.2) is 0 Å². The van der Waals surface area contributed by atoms with Crippen LogP contribution in [0.2, 0.25) is 0 Å². The molecule has 1 unspecified atom stereocenters. The maximum absolute atomic E-state index is 5.63. The van der Waals surface area contributed by atoms with Gasteiger partial charge in [0.1, 0.15) is 0 Å². The fraction of sp³-hybridized carbons (Fsp3) is 0.833. The maximum Gasteiger partial charge on any atom is 0.0594 e. The van der Waals surface area contributed by atoms with Crippen LogP contribution < -0.4 is 11.3 Å². The molecule has 0 aromatic carbocycles. The number of morpholine rings is 1. The second-order valence-corrected chi connectivity index (χ2v) is 4.60. The summed E-state index contributed by atoms with van der Waals surface area (Å²) in [6, 6.07) is 0.179. The van der Waals surface area contributed by atoms with Gasteiger partial charge in [-0.05, 0) is 20.8 Å². The molecular formula is C12H23N3O. The smallest absolute Gasteiger partial charge is 0.0594 e. The molecule has 1 fully saturated rings. The second-order valence-electron chi connectivity index (χ2n) is 4.60. The number of nitrogens with one attached hydrogen (secondary N) is 1. The van der Waals surface area contributed by atoms with Crippen molar-refractivity contribution in [1.82, 2.24) is 10.3 Å². The van der Waals surface area contributed by atoms with Crippen LogP contribution >= 0.6 is 0 Å². The molecule has 16 heavy (non-hydrogen) atoms. The average Bonchev–Trinajstić information content (AvgIpc) is 2.31. The molecule has 0 aromatic rings. The van der Waals surface area contributed by atoms with E-state index in [1.807, 2.05) is 6.92 Å². The van der Waals surface area contributed by atoms with Crippen LogP contribution in [0.1, 0.15) is 27.2 Å². The van der Waals surface area contributed by atoms with E-state index in [0.29, 0.717) is 0 Å². The largest absolute Gasteiger partial charge is 0.379 e. The lowest BCUT2D eigenvalue weighted by molar-refractivity contribution is -0.0227. The zero-order valence-corrected chi connectivity index (χ0v) is 10.5. The summed E-state index contributed by atoms with van der Waals surface area (Å²) in [5, 5.41) is 0. The molecule has 0 spiro atoms. The van der Waals surface area contributed by atoms with E-state index in [1.165, 1.54) is 0 Å². The number of nitrogens with two attached hydrogens (primary N) is 1. The highest BCUT2D eigenvalue weighted by molar-refractivity contribution is 5.04. The van der Waals surface area contributed by atoms with E-state index >= 15 is 0 Å². The Labute approximate surface area is 98.5 Å². The van der Waals surface area contributed by atoms with Crippen molar-refractivity contribution in [3.63, 3.8) is 0 Å². The van der Waals surface area contributed by atoms with Crippen LogP contribution in [-0.2, 0) is 4.74 Å². The van der Waals surface area contributed by atoms with E-state index in [1.54, 1.807) is 0 Å². The maximum atomic E-state index is 5.63. The van der Waals surface area contributed by atoms with Gasteiger partial charge in [0.15, 0.2) is 0 Å². The Kier molecular flexibility index (Phi) is 5.23. The Morgan fingerprint density at radius 3 is 2.56 bits per heavy atom. The predicted molar refractivity (Wildman–Crippen MR) is 65.6 cm³/mol. The van der Waals surface area contributed by atoms with Crippen LogP contribution in [0.5, 0.6) is 0 Å². The number of rotatable bonds is 4. The third-order valence-corrected chi connectivity index (χ3v) is 3.36. The molecule has 1 rings (SSSR count). The minimum atomic E-state index is 0.00236. The lowest BCUT2D eigenvalue weighted by Gasteiger charge is -2.45. The first kappa shape index (κ1) is 13.5. The topological polar surface area (TPSA) is 50.5 Å². The van der Waals surface area contributed by atoms with Gasteiger partial charge < -0.3 is 4.74 Å². The lowest BCUT2D eigenvalue weighted by atomic mass is 9.90. The van der Waals surface area contributed by atoms with Gasteiger partial charge in [0.25, 0.3) is 0 Å². The van der Waals surface area contributed by atoms with Crippen LogP contribution in [0.3, 0.4) is 0 Å². The monoisotopic (exact) mass is 225 g/mol. The van der Waals surface area contributed by atoms with Crippen molar-refractivity contribution in [3.05, 3.63) is 0 Å². The quantitative estimate of drug-likeness (QED) is 0.412. The van der Waals surface area contributed by atoms with E-state index in [9.17, 15) is 0 Å². The molecule has 1 atom stereocenters. The Bertz CT molecular complexity index is 261. The molecule has 1 aliphatic rings. The van der Waals surface area contributed by atoms with Crippen molar-refractivity contribution in [2.75, 3.05) is 26.3 Å². The second kappa shape index (κ2) is 6.21. The first-order valence-electron chi connectivity index (χ1n) is 5.81. The molecule has 0 aliphatic carbocycles. The van der Waals surface area contributed by atoms with Crippen LogP contribution in [0.4, 0.5) is 0 Å². The molecular weight excluding hydrogens is 202 g/mol. The fourth-order valence-electron chi connectivity index (χ4n) is 2.08. The third-order valence-electron chi connectivity index (χ3n) is 3.36. The van der Waals surface area contributed by atoms with Gasteiger partial charge in [-0.2, -0.15) is 0 Å². The summed E-state index contributed by atoms with van der Waals surface area (Å²) in [6.45, 7) is 9.81. The minimum Gasteiger partial charge on any atom is -0.379 e. The summed E-state index contributed by atoms with van der Waals surface area (Å²) in [5.74, 6) is 11.6. The summed E-state index contributed by atoms with van der Waals surface area (Å²) >= 11 is 0. The van der Waals surface area contributed by atoms with Crippen molar-refractivity contribution < 1.29 is 4.74 Å². The number of hydrogen-bond donors (Lipinski definition) is 2. The Morgan fingerprint density at radius 1 is 1.44 bits per heavy atom. The lowest BCUT2D eigenvalue weighted by Crippen LogP contribution is -2.61. The van der Waals surface area contributed by atoms with Gasteiger partial charge in [-0.15, -0.1) is 11.8 Å². The molecule has 3 N–H and O–H groups in total. The summed E-state index contributed by atoms with van der Waals surface area (Å²) < 4.78 is 5.37. The third kappa shape index (κ3) is 3.19. The molecule has 1 heterocycles. The standard InChI is InChI=1S/C12H23N3O/c1-4-5-6-11(14-13)12(2,3)15-7-9-16-10-8-15/h11,14H,6-10,13H2,1-3H3. The van der Waals surface area contributed by atoms with Crippen LogP contribution in [0.15, 0.2) is 0 Å². The summed E-state index contributed by atoms with van der Waals surface area (Å²) in [5.41, 5.74) is 2.89. The molecule has 4 nitrogen and oxygen atoms in total. The summed E-state index contributed by atoms with van der Waals surface area (Å²) in [6.07, 6.45) is 0.775. The number of hydrogen-bond acceptors (Lipinski definition) is 4. The van der Waals surface area contributed by atoms with Crippen LogP contribution in [0, 0.1) is 11.8 Å². The highest BCUT2D eigenvalue weighted by atomic mass is 16.5. The molecule has 0 aromatic heterocycles. The number of ether oxygens (including phenoxy) is 1. The van der Waals surface area contributed by atoms with Gasteiger partial charge in [0.05, 0.1) is 13.2 Å². The Hall–Kier alpha value is -0.600. The molecule has 1 saturated heterocycles. The molecule has 4 heteroatoms. The molecule has 0 saturated carbocycles. The molecule has 1 aliphatic heterocycles. The molecule has 92 valence electrons. The predicted octanol–water partition coefficient (Wildman–Crippen LogP) is 0.343. The normalized spacial score (nSPS) is 20.0. The van der Waals surface area contributed by atoms with Crippen molar-refractivity contribution in [3.8, 4) is 11.8 Å². The van der Waals surface area contributed by atoms with E-state index < -0.39 is 0 Å². The Morgan fingerprint density at radius 2 is 2.06 bits per heavy atom. The van der Waals surface area contributed by atoms with E-state index in [-0.39, 0.29) is 11.6 Å². The number of hydrazine groups is 1. The summed E-state index contributed by atoms with van der Waals surface area (Å²) in [7, 11) is 0. The van der Waals surface area contributed by atoms with E-state index in [0.717, 1.165) is 32.7 Å². The Balaban J connectivity index is 2.65. The van der Waals surface area contributed by atoms with Gasteiger partial charge in [-0.3, -0.25) is 16.2 Å². The average molecular weight is 225 g/mol. The van der Waals surface area contributed by atoms with Gasteiger partial charge in [0.2, 0.25) is 0 Å². The first-order valence-corrected chi connectivity index (χ1v) is 5.81. The molecule has 0 bridgehead atoms. The van der Waals surface area contributed by atoms with Gasteiger partial charge in [-0.1, -0.05) is 0 Å². The first-order chi connectivity index (χ1) is 7.62. The van der Waals surface area contributed by atoms with Gasteiger partial charge in [0, 0.05) is 31.1 Å². The van der Waals surface area contributed by atoms with E-state index in [4.69, 9.17) is 10.6 Å². The minimum absolute atomic E-state index is 0.00236. The SMILES string of the molecule is CC#CCC(NN)C(C)(C)N1CCOCC1. The van der Waals surface area contributed by atoms with Crippen LogP contribution in [0.25, 0.3) is 0 Å². The van der Waals surface area contributed by atoms with Crippen molar-refractivity contribution in [2.24, 2.45) is 5.84 Å². The van der Waals surface area contributed by atoms with Crippen molar-refractivity contribution in [1.29, 1.82) is 0 Å². The molecule has 0 amide bonds.